The maximum absolute atomic E-state index is 9.39. The van der Waals surface area contributed by atoms with Gasteiger partial charge in [-0.15, -0.1) is 11.8 Å². The first kappa shape index (κ1) is 13.0. The van der Waals surface area contributed by atoms with Crippen LogP contribution in [0.2, 0.25) is 0 Å². The Morgan fingerprint density at radius 3 is 2.39 bits per heavy atom. The van der Waals surface area contributed by atoms with Crippen LogP contribution in [0, 0.1) is 0 Å². The zero-order valence-electron chi connectivity index (χ0n) is 10.8. The number of aromatic hydroxyl groups is 1. The van der Waals surface area contributed by atoms with Gasteiger partial charge < -0.3 is 5.11 Å². The molecule has 0 spiro atoms. The lowest BCUT2D eigenvalue weighted by molar-refractivity contribution is 0.474. The van der Waals surface area contributed by atoms with Crippen LogP contribution in [0.1, 0.15) is 30.9 Å². The summed E-state index contributed by atoms with van der Waals surface area (Å²) in [6, 6.07) is 16.2. The molecule has 0 aliphatic carbocycles. The Kier molecular flexibility index (Phi) is 4.32. The Hall–Kier alpha value is -1.41. The highest BCUT2D eigenvalue weighted by Gasteiger charge is 2.00. The molecule has 2 aromatic carbocycles. The molecule has 0 amide bonds. The van der Waals surface area contributed by atoms with Gasteiger partial charge in [0.15, 0.2) is 0 Å². The van der Waals surface area contributed by atoms with E-state index in [0.717, 1.165) is 10.6 Å². The monoisotopic (exact) mass is 258 g/mol. The van der Waals surface area contributed by atoms with Crippen molar-refractivity contribution < 1.29 is 5.11 Å². The van der Waals surface area contributed by atoms with Gasteiger partial charge in [0.25, 0.3) is 0 Å². The number of benzene rings is 2. The lowest BCUT2D eigenvalue weighted by atomic mass is 10.0. The van der Waals surface area contributed by atoms with Gasteiger partial charge >= 0.3 is 0 Å². The van der Waals surface area contributed by atoms with Crippen LogP contribution in [0.3, 0.4) is 0 Å². The zero-order valence-corrected chi connectivity index (χ0v) is 11.6. The lowest BCUT2D eigenvalue weighted by Gasteiger charge is -2.07. The fourth-order valence-electron chi connectivity index (χ4n) is 1.74. The number of thioether (sulfide) groups is 1. The molecule has 18 heavy (non-hydrogen) atoms. The number of hydrogen-bond acceptors (Lipinski definition) is 2. The normalized spacial score (nSPS) is 10.8. The smallest absolute Gasteiger partial charge is 0.116 e. The second-order valence-electron chi connectivity index (χ2n) is 4.68. The Balaban J connectivity index is 1.98. The maximum atomic E-state index is 9.39. The molecule has 0 saturated heterocycles. The lowest BCUT2D eigenvalue weighted by Crippen LogP contribution is -1.87. The molecule has 0 heterocycles. The Morgan fingerprint density at radius 2 is 1.78 bits per heavy atom. The molecule has 0 unspecified atom stereocenters. The Morgan fingerprint density at radius 1 is 1.06 bits per heavy atom. The number of rotatable bonds is 4. The van der Waals surface area contributed by atoms with E-state index in [9.17, 15) is 5.11 Å². The highest BCUT2D eigenvalue weighted by atomic mass is 32.2. The van der Waals surface area contributed by atoms with Crippen molar-refractivity contribution in [2.45, 2.75) is 30.4 Å². The molecule has 0 bridgehead atoms. The SMILES string of the molecule is CC(C)c1ccc(CSc2cccc(O)c2)cc1. The van der Waals surface area contributed by atoms with Crippen molar-refractivity contribution in [2.75, 3.05) is 0 Å². The van der Waals surface area contributed by atoms with Crippen LogP contribution in [0.5, 0.6) is 5.75 Å². The van der Waals surface area contributed by atoms with Crippen molar-refractivity contribution in [3.63, 3.8) is 0 Å². The summed E-state index contributed by atoms with van der Waals surface area (Å²) in [5, 5.41) is 9.39. The minimum atomic E-state index is 0.329. The van der Waals surface area contributed by atoms with E-state index in [1.165, 1.54) is 11.1 Å². The summed E-state index contributed by atoms with van der Waals surface area (Å²) in [4.78, 5) is 1.10. The second-order valence-corrected chi connectivity index (χ2v) is 5.73. The molecular weight excluding hydrogens is 240 g/mol. The van der Waals surface area contributed by atoms with E-state index >= 15 is 0 Å². The number of phenolic OH excluding ortho intramolecular Hbond substituents is 1. The van der Waals surface area contributed by atoms with Gasteiger partial charge in [-0.2, -0.15) is 0 Å². The molecule has 2 rings (SSSR count). The molecule has 0 atom stereocenters. The molecule has 1 N–H and O–H groups in total. The van der Waals surface area contributed by atoms with E-state index < -0.39 is 0 Å². The third-order valence-corrected chi connectivity index (χ3v) is 3.93. The van der Waals surface area contributed by atoms with Crippen LogP contribution in [0.4, 0.5) is 0 Å². The summed E-state index contributed by atoms with van der Waals surface area (Å²) in [5.41, 5.74) is 2.69. The van der Waals surface area contributed by atoms with Crippen LogP contribution in [-0.2, 0) is 5.75 Å². The van der Waals surface area contributed by atoms with Crippen molar-refractivity contribution in [2.24, 2.45) is 0 Å². The Labute approximate surface area is 113 Å². The molecule has 1 nitrogen and oxygen atoms in total. The van der Waals surface area contributed by atoms with Crippen molar-refractivity contribution in [3.8, 4) is 5.75 Å². The van der Waals surface area contributed by atoms with Gasteiger partial charge in [-0.3, -0.25) is 0 Å². The third-order valence-electron chi connectivity index (χ3n) is 2.87. The van der Waals surface area contributed by atoms with Gasteiger partial charge in [-0.05, 0) is 35.2 Å². The summed E-state index contributed by atoms with van der Waals surface area (Å²) in [5.74, 6) is 1.84. The third kappa shape index (κ3) is 3.54. The topological polar surface area (TPSA) is 20.2 Å². The van der Waals surface area contributed by atoms with Gasteiger partial charge in [0.1, 0.15) is 5.75 Å². The highest BCUT2D eigenvalue weighted by Crippen LogP contribution is 2.26. The zero-order chi connectivity index (χ0) is 13.0. The van der Waals surface area contributed by atoms with Crippen LogP contribution in [0.25, 0.3) is 0 Å². The van der Waals surface area contributed by atoms with Gasteiger partial charge in [-0.1, -0.05) is 44.2 Å². The van der Waals surface area contributed by atoms with E-state index in [2.05, 4.69) is 38.1 Å². The average molecular weight is 258 g/mol. The molecule has 0 aliphatic rings. The van der Waals surface area contributed by atoms with Crippen molar-refractivity contribution in [1.82, 2.24) is 0 Å². The average Bonchev–Trinajstić information content (AvgIpc) is 2.37. The van der Waals surface area contributed by atoms with E-state index in [4.69, 9.17) is 0 Å². The van der Waals surface area contributed by atoms with E-state index in [-0.39, 0.29) is 0 Å². The molecule has 0 fully saturated rings. The molecule has 0 radical (unpaired) electrons. The van der Waals surface area contributed by atoms with Crippen LogP contribution >= 0.6 is 11.8 Å². The summed E-state index contributed by atoms with van der Waals surface area (Å²) < 4.78 is 0. The van der Waals surface area contributed by atoms with Gasteiger partial charge in [0.05, 0.1) is 0 Å². The number of hydrogen-bond donors (Lipinski definition) is 1. The van der Waals surface area contributed by atoms with Gasteiger partial charge in [0, 0.05) is 10.6 Å². The molecule has 94 valence electrons. The molecule has 2 aromatic rings. The molecule has 0 aromatic heterocycles. The van der Waals surface area contributed by atoms with Crippen molar-refractivity contribution in [3.05, 3.63) is 59.7 Å². The quantitative estimate of drug-likeness (QED) is 0.794. The highest BCUT2D eigenvalue weighted by molar-refractivity contribution is 7.98. The van der Waals surface area contributed by atoms with Gasteiger partial charge in [0.2, 0.25) is 0 Å². The van der Waals surface area contributed by atoms with Crippen molar-refractivity contribution in [1.29, 1.82) is 0 Å². The first-order valence-corrected chi connectivity index (χ1v) is 7.14. The number of phenols is 1. The first-order chi connectivity index (χ1) is 8.65. The second kappa shape index (κ2) is 5.96. The molecule has 0 saturated carbocycles. The summed E-state index contributed by atoms with van der Waals surface area (Å²) in [7, 11) is 0. The van der Waals surface area contributed by atoms with E-state index in [1.807, 2.05) is 12.1 Å². The fourth-order valence-corrected chi connectivity index (χ4v) is 2.64. The summed E-state index contributed by atoms with van der Waals surface area (Å²) >= 11 is 1.74. The van der Waals surface area contributed by atoms with Crippen LogP contribution in [-0.4, -0.2) is 5.11 Å². The maximum Gasteiger partial charge on any atom is 0.116 e. The minimum absolute atomic E-state index is 0.329. The Bertz CT molecular complexity index is 503. The molecule has 0 aliphatic heterocycles. The predicted octanol–water partition coefficient (Wildman–Crippen LogP) is 4.81. The summed E-state index contributed by atoms with van der Waals surface area (Å²) in [6.07, 6.45) is 0. The molecule has 2 heteroatoms. The molecular formula is C16H18OS. The van der Waals surface area contributed by atoms with Crippen LogP contribution in [0.15, 0.2) is 53.4 Å². The van der Waals surface area contributed by atoms with E-state index in [1.54, 1.807) is 23.9 Å². The standard InChI is InChI=1S/C16H18OS/c1-12(2)14-8-6-13(7-9-14)11-18-16-5-3-4-15(17)10-16/h3-10,12,17H,11H2,1-2H3. The largest absolute Gasteiger partial charge is 0.508 e. The van der Waals surface area contributed by atoms with Crippen LogP contribution < -0.4 is 0 Å². The van der Waals surface area contributed by atoms with Gasteiger partial charge in [-0.25, -0.2) is 0 Å². The summed E-state index contributed by atoms with van der Waals surface area (Å²) in [6.45, 7) is 4.41. The minimum Gasteiger partial charge on any atom is -0.508 e. The predicted molar refractivity (Wildman–Crippen MR) is 78.2 cm³/mol. The first-order valence-electron chi connectivity index (χ1n) is 6.16. The fraction of sp³-hybridized carbons (Fsp3) is 0.250. The van der Waals surface area contributed by atoms with Crippen molar-refractivity contribution >= 4 is 11.8 Å². The van der Waals surface area contributed by atoms with E-state index in [0.29, 0.717) is 11.7 Å².